The molecule has 4 nitrogen and oxygen atoms in total. The Labute approximate surface area is 175 Å². The number of nitrogens with zero attached hydrogens (tertiary/aromatic N) is 1. The Morgan fingerprint density at radius 3 is 2.17 bits per heavy atom. The molecular weight excluding hydrogens is 360 g/mol. The molecule has 0 aromatic heterocycles. The zero-order valence-electron chi connectivity index (χ0n) is 18.4. The van der Waals surface area contributed by atoms with Crippen LogP contribution in [0, 0.1) is 13.8 Å². The number of hydrogen-bond acceptors (Lipinski definition) is 2. The van der Waals surface area contributed by atoms with Crippen LogP contribution in [0.3, 0.4) is 0 Å². The molecule has 2 rings (SSSR count). The van der Waals surface area contributed by atoms with E-state index in [2.05, 4.69) is 23.5 Å². The van der Waals surface area contributed by atoms with E-state index in [1.807, 2.05) is 65.0 Å². The smallest absolute Gasteiger partial charge is 0.242 e. The van der Waals surface area contributed by atoms with Gasteiger partial charge in [-0.15, -0.1) is 0 Å². The highest BCUT2D eigenvalue weighted by Gasteiger charge is 2.26. The molecule has 29 heavy (non-hydrogen) atoms. The first-order valence-electron chi connectivity index (χ1n) is 10.5. The molecule has 2 aromatic carbocycles. The van der Waals surface area contributed by atoms with Gasteiger partial charge in [0.1, 0.15) is 6.04 Å². The molecule has 0 saturated carbocycles. The van der Waals surface area contributed by atoms with Crippen molar-refractivity contribution >= 4 is 11.8 Å². The maximum atomic E-state index is 13.2. The van der Waals surface area contributed by atoms with Crippen LogP contribution in [0.2, 0.25) is 0 Å². The molecule has 0 saturated heterocycles. The van der Waals surface area contributed by atoms with Crippen LogP contribution in [-0.2, 0) is 22.4 Å². The molecule has 0 aliphatic rings. The molecule has 0 bridgehead atoms. The minimum atomic E-state index is -0.508. The molecule has 156 valence electrons. The highest BCUT2D eigenvalue weighted by Crippen LogP contribution is 2.13. The Morgan fingerprint density at radius 2 is 1.59 bits per heavy atom. The van der Waals surface area contributed by atoms with Gasteiger partial charge >= 0.3 is 0 Å². The minimum absolute atomic E-state index is 0.0160. The molecular formula is C25H34N2O2. The maximum Gasteiger partial charge on any atom is 0.242 e. The summed E-state index contributed by atoms with van der Waals surface area (Å²) in [6, 6.07) is 15.9. The average molecular weight is 395 g/mol. The van der Waals surface area contributed by atoms with Crippen molar-refractivity contribution in [2.24, 2.45) is 0 Å². The number of benzene rings is 2. The molecule has 0 aliphatic carbocycles. The highest BCUT2D eigenvalue weighted by atomic mass is 16.2. The number of carbonyl (C=O) groups excluding carboxylic acids is 2. The van der Waals surface area contributed by atoms with E-state index in [0.29, 0.717) is 13.0 Å². The second-order valence-corrected chi connectivity index (χ2v) is 7.99. The lowest BCUT2D eigenvalue weighted by Crippen LogP contribution is -2.50. The number of amides is 2. The summed E-state index contributed by atoms with van der Waals surface area (Å²) < 4.78 is 0. The summed E-state index contributed by atoms with van der Waals surface area (Å²) in [5.41, 5.74) is 4.44. The van der Waals surface area contributed by atoms with Crippen LogP contribution in [0.4, 0.5) is 0 Å². The summed E-state index contributed by atoms with van der Waals surface area (Å²) in [4.78, 5) is 27.7. The van der Waals surface area contributed by atoms with Gasteiger partial charge in [0.25, 0.3) is 0 Å². The third-order valence-corrected chi connectivity index (χ3v) is 5.29. The van der Waals surface area contributed by atoms with Crippen LogP contribution in [0.25, 0.3) is 0 Å². The first-order valence-corrected chi connectivity index (χ1v) is 10.5. The molecule has 1 N–H and O–H groups in total. The van der Waals surface area contributed by atoms with Gasteiger partial charge in [-0.3, -0.25) is 9.59 Å². The fourth-order valence-corrected chi connectivity index (χ4v) is 3.48. The maximum absolute atomic E-state index is 13.2. The topological polar surface area (TPSA) is 49.4 Å². The van der Waals surface area contributed by atoms with E-state index in [4.69, 9.17) is 0 Å². The first-order chi connectivity index (χ1) is 13.8. The summed E-state index contributed by atoms with van der Waals surface area (Å²) in [6.45, 7) is 10.4. The quantitative estimate of drug-likeness (QED) is 0.692. The first kappa shape index (κ1) is 22.7. The highest BCUT2D eigenvalue weighted by molar-refractivity contribution is 5.88. The molecule has 0 fully saturated rings. The van der Waals surface area contributed by atoms with Gasteiger partial charge in [0.15, 0.2) is 0 Å². The molecule has 0 spiro atoms. The summed E-state index contributed by atoms with van der Waals surface area (Å²) in [6.07, 6.45) is 1.89. The van der Waals surface area contributed by atoms with E-state index in [9.17, 15) is 9.59 Å². The fourth-order valence-electron chi connectivity index (χ4n) is 3.48. The van der Waals surface area contributed by atoms with Crippen LogP contribution in [0.15, 0.2) is 48.5 Å². The fraction of sp³-hybridized carbons (Fsp3) is 0.440. The third-order valence-electron chi connectivity index (χ3n) is 5.29. The van der Waals surface area contributed by atoms with E-state index < -0.39 is 6.04 Å². The molecule has 0 radical (unpaired) electrons. The minimum Gasteiger partial charge on any atom is -0.352 e. The van der Waals surface area contributed by atoms with Crippen LogP contribution >= 0.6 is 0 Å². The van der Waals surface area contributed by atoms with E-state index >= 15 is 0 Å². The largest absolute Gasteiger partial charge is 0.352 e. The van der Waals surface area contributed by atoms with Crippen molar-refractivity contribution in [1.29, 1.82) is 0 Å². The Balaban J connectivity index is 2.17. The van der Waals surface area contributed by atoms with Crippen molar-refractivity contribution in [2.75, 3.05) is 6.54 Å². The van der Waals surface area contributed by atoms with Crippen molar-refractivity contribution in [2.45, 2.75) is 66.0 Å². The van der Waals surface area contributed by atoms with Crippen molar-refractivity contribution in [1.82, 2.24) is 10.2 Å². The van der Waals surface area contributed by atoms with Gasteiger partial charge in [-0.05, 0) is 51.7 Å². The van der Waals surface area contributed by atoms with Crippen molar-refractivity contribution in [3.63, 3.8) is 0 Å². The van der Waals surface area contributed by atoms with Crippen LogP contribution < -0.4 is 5.32 Å². The van der Waals surface area contributed by atoms with Gasteiger partial charge in [-0.25, -0.2) is 0 Å². The van der Waals surface area contributed by atoms with Gasteiger partial charge in [-0.1, -0.05) is 66.6 Å². The Hall–Kier alpha value is -2.62. The number of hydrogen-bond donors (Lipinski definition) is 1. The Morgan fingerprint density at radius 1 is 0.966 bits per heavy atom. The van der Waals surface area contributed by atoms with E-state index in [1.54, 1.807) is 4.90 Å². The van der Waals surface area contributed by atoms with Gasteiger partial charge in [0.2, 0.25) is 11.8 Å². The molecule has 4 heteroatoms. The number of aryl methyl sites for hydroxylation is 2. The second-order valence-electron chi connectivity index (χ2n) is 7.99. The lowest BCUT2D eigenvalue weighted by molar-refractivity contribution is -0.139. The molecule has 2 amide bonds. The second kappa shape index (κ2) is 10.8. The number of carbonyl (C=O) groups is 2. The van der Waals surface area contributed by atoms with Crippen LogP contribution in [0.1, 0.15) is 49.4 Å². The van der Waals surface area contributed by atoms with Gasteiger partial charge in [0, 0.05) is 12.6 Å². The average Bonchev–Trinajstić information content (AvgIpc) is 2.67. The van der Waals surface area contributed by atoms with Crippen molar-refractivity contribution in [3.8, 4) is 0 Å². The summed E-state index contributed by atoms with van der Waals surface area (Å²) in [5.74, 6) is -0.112. The molecule has 2 atom stereocenters. The Kier molecular flexibility index (Phi) is 8.44. The lowest BCUT2D eigenvalue weighted by atomic mass is 10.0. The monoisotopic (exact) mass is 394 g/mol. The van der Waals surface area contributed by atoms with E-state index in [0.717, 1.165) is 35.1 Å². The summed E-state index contributed by atoms with van der Waals surface area (Å²) >= 11 is 0. The number of rotatable bonds is 9. The van der Waals surface area contributed by atoms with E-state index in [1.165, 1.54) is 0 Å². The van der Waals surface area contributed by atoms with Gasteiger partial charge < -0.3 is 10.2 Å². The lowest BCUT2D eigenvalue weighted by Gasteiger charge is -2.30. The third kappa shape index (κ3) is 7.04. The predicted octanol–water partition coefficient (Wildman–Crippen LogP) is 4.22. The molecule has 2 aromatic rings. The van der Waals surface area contributed by atoms with Gasteiger partial charge in [-0.2, -0.15) is 0 Å². The summed E-state index contributed by atoms with van der Waals surface area (Å²) in [5, 5.41) is 3.01. The summed E-state index contributed by atoms with van der Waals surface area (Å²) in [7, 11) is 0. The van der Waals surface area contributed by atoms with Crippen molar-refractivity contribution in [3.05, 3.63) is 70.8 Å². The van der Waals surface area contributed by atoms with Crippen LogP contribution in [-0.4, -0.2) is 35.3 Å². The zero-order chi connectivity index (χ0) is 21.4. The molecule has 0 unspecified atom stereocenters. The zero-order valence-corrected chi connectivity index (χ0v) is 18.4. The standard InChI is InChI=1S/C25H34N2O2/c1-6-20(4)26-25(29)21(5)27(13-12-22-10-8-7-9-11-22)24(28)17-23-15-18(2)14-19(3)16-23/h7-11,14-16,20-21H,6,12-13,17H2,1-5H3,(H,26,29)/t20-,21+/m1/s1. The Bertz CT molecular complexity index is 797. The van der Waals surface area contributed by atoms with Crippen LogP contribution in [0.5, 0.6) is 0 Å². The molecule has 0 aliphatic heterocycles. The number of nitrogens with one attached hydrogen (secondary N) is 1. The van der Waals surface area contributed by atoms with Gasteiger partial charge in [0.05, 0.1) is 6.42 Å². The van der Waals surface area contributed by atoms with Crippen molar-refractivity contribution < 1.29 is 9.59 Å². The normalized spacial score (nSPS) is 12.9. The SMILES string of the molecule is CC[C@@H](C)NC(=O)[C@H](C)N(CCc1ccccc1)C(=O)Cc1cc(C)cc(C)c1. The predicted molar refractivity (Wildman–Crippen MR) is 119 cm³/mol. The molecule has 0 heterocycles. The van der Waals surface area contributed by atoms with E-state index in [-0.39, 0.29) is 17.9 Å².